The van der Waals surface area contributed by atoms with Gasteiger partial charge < -0.3 is 10.3 Å². The van der Waals surface area contributed by atoms with Crippen LogP contribution in [0.1, 0.15) is 12.7 Å². The molecule has 4 nitrogen and oxygen atoms in total. The van der Waals surface area contributed by atoms with Gasteiger partial charge in [-0.2, -0.15) is 0 Å². The highest BCUT2D eigenvalue weighted by molar-refractivity contribution is 6.31. The summed E-state index contributed by atoms with van der Waals surface area (Å²) in [4.78, 5) is 18.8. The van der Waals surface area contributed by atoms with Crippen LogP contribution in [0.15, 0.2) is 23.0 Å². The van der Waals surface area contributed by atoms with Crippen LogP contribution in [0, 0.1) is 0 Å². The maximum Gasteiger partial charge on any atom is 0.258 e. The van der Waals surface area contributed by atoms with Gasteiger partial charge in [0, 0.05) is 5.02 Å². The van der Waals surface area contributed by atoms with Gasteiger partial charge in [-0.15, -0.1) is 12.4 Å². The van der Waals surface area contributed by atoms with Gasteiger partial charge in [-0.25, -0.2) is 4.98 Å². The second-order valence-corrected chi connectivity index (χ2v) is 3.89. The summed E-state index contributed by atoms with van der Waals surface area (Å²) in [5.41, 5.74) is 0.499. The summed E-state index contributed by atoms with van der Waals surface area (Å²) in [5, 5.41) is 4.25. The fourth-order valence-corrected chi connectivity index (χ4v) is 1.65. The summed E-state index contributed by atoms with van der Waals surface area (Å²) in [5.74, 6) is 0.626. The van der Waals surface area contributed by atoms with E-state index in [9.17, 15) is 4.79 Å². The van der Waals surface area contributed by atoms with Gasteiger partial charge in [0.05, 0.1) is 17.4 Å². The van der Waals surface area contributed by atoms with E-state index in [1.54, 1.807) is 18.2 Å². The van der Waals surface area contributed by atoms with E-state index in [-0.39, 0.29) is 18.0 Å². The van der Waals surface area contributed by atoms with Crippen molar-refractivity contribution in [3.8, 4) is 0 Å². The molecule has 0 aliphatic carbocycles. The van der Waals surface area contributed by atoms with Crippen molar-refractivity contribution < 1.29 is 0 Å². The fourth-order valence-electron chi connectivity index (χ4n) is 1.49. The van der Waals surface area contributed by atoms with Crippen molar-refractivity contribution in [2.24, 2.45) is 0 Å². The molecule has 0 saturated heterocycles. The Labute approximate surface area is 110 Å². The minimum absolute atomic E-state index is 0. The Morgan fingerprint density at radius 2 is 2.24 bits per heavy atom. The predicted molar refractivity (Wildman–Crippen MR) is 72.0 cm³/mol. The van der Waals surface area contributed by atoms with Crippen LogP contribution in [-0.2, 0) is 6.54 Å². The van der Waals surface area contributed by atoms with Gasteiger partial charge in [-0.1, -0.05) is 18.5 Å². The highest BCUT2D eigenvalue weighted by atomic mass is 35.5. The molecule has 2 aromatic rings. The van der Waals surface area contributed by atoms with E-state index in [0.717, 1.165) is 6.54 Å². The first-order valence-electron chi connectivity index (χ1n) is 5.10. The summed E-state index contributed by atoms with van der Waals surface area (Å²) in [7, 11) is 0. The van der Waals surface area contributed by atoms with Crippen LogP contribution >= 0.6 is 24.0 Å². The van der Waals surface area contributed by atoms with Crippen molar-refractivity contribution in [1.82, 2.24) is 15.3 Å². The van der Waals surface area contributed by atoms with Crippen LogP contribution in [0.4, 0.5) is 0 Å². The molecule has 2 N–H and O–H groups in total. The van der Waals surface area contributed by atoms with E-state index >= 15 is 0 Å². The van der Waals surface area contributed by atoms with Crippen LogP contribution in [0.5, 0.6) is 0 Å². The van der Waals surface area contributed by atoms with Gasteiger partial charge in [-0.05, 0) is 24.7 Å². The topological polar surface area (TPSA) is 57.8 Å². The summed E-state index contributed by atoms with van der Waals surface area (Å²) >= 11 is 5.86. The molecule has 0 bridgehead atoms. The summed E-state index contributed by atoms with van der Waals surface area (Å²) in [6.45, 7) is 3.38. The van der Waals surface area contributed by atoms with Crippen LogP contribution in [0.25, 0.3) is 10.9 Å². The van der Waals surface area contributed by atoms with Crippen molar-refractivity contribution in [2.45, 2.75) is 13.5 Å². The second kappa shape index (κ2) is 6.00. The van der Waals surface area contributed by atoms with Crippen LogP contribution in [0.3, 0.4) is 0 Å². The molecule has 0 aliphatic rings. The first-order chi connectivity index (χ1) is 7.70. The lowest BCUT2D eigenvalue weighted by molar-refractivity contribution is 0.691. The third-order valence-electron chi connectivity index (χ3n) is 2.26. The number of hydrogen-bond acceptors (Lipinski definition) is 3. The highest BCUT2D eigenvalue weighted by Gasteiger charge is 2.03. The van der Waals surface area contributed by atoms with E-state index in [0.29, 0.717) is 28.3 Å². The molecule has 1 heterocycles. The number of halogens is 2. The predicted octanol–water partition coefficient (Wildman–Crippen LogP) is 2.11. The molecule has 17 heavy (non-hydrogen) atoms. The largest absolute Gasteiger partial charge is 0.310 e. The SMILES string of the molecule is CCNCc1nc2cc(Cl)ccc2c(=O)[nH]1.Cl. The third-order valence-corrected chi connectivity index (χ3v) is 2.50. The Hall–Kier alpha value is -1.10. The number of nitrogens with one attached hydrogen (secondary N) is 2. The molecule has 1 aromatic carbocycles. The first kappa shape index (κ1) is 14.0. The monoisotopic (exact) mass is 273 g/mol. The minimum Gasteiger partial charge on any atom is -0.310 e. The van der Waals surface area contributed by atoms with Gasteiger partial charge >= 0.3 is 0 Å². The summed E-state index contributed by atoms with van der Waals surface area (Å²) < 4.78 is 0. The lowest BCUT2D eigenvalue weighted by Gasteiger charge is -2.03. The molecular formula is C11H13Cl2N3O. The molecule has 0 atom stereocenters. The lowest BCUT2D eigenvalue weighted by Crippen LogP contribution is -2.19. The van der Waals surface area contributed by atoms with Crippen LogP contribution in [0.2, 0.25) is 5.02 Å². The number of nitrogens with zero attached hydrogens (tertiary/aromatic N) is 1. The maximum atomic E-state index is 11.7. The molecule has 0 amide bonds. The van der Waals surface area contributed by atoms with Gasteiger partial charge in [0.2, 0.25) is 0 Å². The number of fused-ring (bicyclic) bond motifs is 1. The molecule has 0 radical (unpaired) electrons. The van der Waals surface area contributed by atoms with Crippen molar-refractivity contribution in [1.29, 1.82) is 0 Å². The summed E-state index contributed by atoms with van der Waals surface area (Å²) in [6, 6.07) is 5.06. The van der Waals surface area contributed by atoms with Crippen LogP contribution < -0.4 is 10.9 Å². The Bertz CT molecular complexity index is 568. The van der Waals surface area contributed by atoms with E-state index < -0.39 is 0 Å². The molecular weight excluding hydrogens is 261 g/mol. The fraction of sp³-hybridized carbons (Fsp3) is 0.273. The Morgan fingerprint density at radius 3 is 2.94 bits per heavy atom. The normalized spacial score (nSPS) is 10.2. The Balaban J connectivity index is 0.00000144. The molecule has 0 aliphatic heterocycles. The molecule has 92 valence electrons. The molecule has 1 aromatic heterocycles. The average Bonchev–Trinajstić information content (AvgIpc) is 2.25. The van der Waals surface area contributed by atoms with Crippen molar-refractivity contribution >= 4 is 34.9 Å². The van der Waals surface area contributed by atoms with Gasteiger partial charge in [-0.3, -0.25) is 4.79 Å². The van der Waals surface area contributed by atoms with Gasteiger partial charge in [0.25, 0.3) is 5.56 Å². The second-order valence-electron chi connectivity index (χ2n) is 3.45. The Morgan fingerprint density at radius 1 is 1.47 bits per heavy atom. The number of aromatic amines is 1. The zero-order chi connectivity index (χ0) is 11.5. The number of benzene rings is 1. The summed E-state index contributed by atoms with van der Waals surface area (Å²) in [6.07, 6.45) is 0. The van der Waals surface area contributed by atoms with Crippen molar-refractivity contribution in [2.75, 3.05) is 6.54 Å². The quantitative estimate of drug-likeness (QED) is 0.901. The Kier molecular flexibility index (Phi) is 4.93. The van der Waals surface area contributed by atoms with E-state index in [4.69, 9.17) is 11.6 Å². The first-order valence-corrected chi connectivity index (χ1v) is 5.47. The molecule has 0 saturated carbocycles. The lowest BCUT2D eigenvalue weighted by atomic mass is 10.2. The highest BCUT2D eigenvalue weighted by Crippen LogP contribution is 2.14. The molecule has 6 heteroatoms. The zero-order valence-electron chi connectivity index (χ0n) is 9.29. The smallest absolute Gasteiger partial charge is 0.258 e. The van der Waals surface area contributed by atoms with Crippen molar-refractivity contribution in [3.05, 3.63) is 39.4 Å². The number of H-pyrrole nitrogens is 1. The molecule has 0 fully saturated rings. The molecule has 2 rings (SSSR count). The standard InChI is InChI=1S/C11H12ClN3O.ClH/c1-2-13-6-10-14-9-5-7(12)3-4-8(9)11(16)15-10;/h3-5,13H,2,6H2,1H3,(H,14,15,16);1H. The number of hydrogen-bond donors (Lipinski definition) is 2. The molecule has 0 spiro atoms. The van der Waals surface area contributed by atoms with Gasteiger partial charge in [0.1, 0.15) is 5.82 Å². The van der Waals surface area contributed by atoms with Gasteiger partial charge in [0.15, 0.2) is 0 Å². The van der Waals surface area contributed by atoms with E-state index in [1.165, 1.54) is 0 Å². The van der Waals surface area contributed by atoms with E-state index in [2.05, 4.69) is 15.3 Å². The number of aromatic nitrogens is 2. The van der Waals surface area contributed by atoms with Crippen LogP contribution in [-0.4, -0.2) is 16.5 Å². The zero-order valence-corrected chi connectivity index (χ0v) is 10.9. The third kappa shape index (κ3) is 3.19. The number of rotatable bonds is 3. The molecule has 0 unspecified atom stereocenters. The maximum absolute atomic E-state index is 11.7. The minimum atomic E-state index is -0.130. The van der Waals surface area contributed by atoms with Crippen molar-refractivity contribution in [3.63, 3.8) is 0 Å². The van der Waals surface area contributed by atoms with E-state index in [1.807, 2.05) is 6.92 Å². The average molecular weight is 274 g/mol.